The van der Waals surface area contributed by atoms with Gasteiger partial charge >= 0.3 is 8.56 Å². The average molecular weight is 477 g/mol. The summed E-state index contributed by atoms with van der Waals surface area (Å²) in [4.78, 5) is 0. The highest BCUT2D eigenvalue weighted by Crippen LogP contribution is 2.25. The van der Waals surface area contributed by atoms with Crippen LogP contribution in [0.25, 0.3) is 0 Å². The van der Waals surface area contributed by atoms with E-state index < -0.39 is 8.56 Å². The van der Waals surface area contributed by atoms with Gasteiger partial charge in [-0.25, -0.2) is 0 Å². The fourth-order valence-corrected chi connectivity index (χ4v) is 6.86. The van der Waals surface area contributed by atoms with Crippen LogP contribution >= 0.6 is 0 Å². The fraction of sp³-hybridized carbons (Fsp3) is 0.800. The first-order valence-corrected chi connectivity index (χ1v) is 16.7. The van der Waals surface area contributed by atoms with Crippen LogP contribution in [0.5, 0.6) is 5.75 Å². The van der Waals surface area contributed by atoms with Crippen LogP contribution in [0.1, 0.15) is 135 Å². The third-order valence-corrected chi connectivity index (χ3v) is 10.7. The van der Waals surface area contributed by atoms with E-state index in [1.165, 1.54) is 114 Å². The lowest BCUT2D eigenvalue weighted by Crippen LogP contribution is -2.44. The van der Waals surface area contributed by atoms with E-state index in [0.717, 1.165) is 24.4 Å². The lowest BCUT2D eigenvalue weighted by Gasteiger charge is -2.29. The Kier molecular flexibility index (Phi) is 17.9. The monoisotopic (exact) mass is 476 g/mol. The van der Waals surface area contributed by atoms with Gasteiger partial charge in [0.2, 0.25) is 0 Å². The third kappa shape index (κ3) is 14.3. The predicted molar refractivity (Wildman–Crippen MR) is 149 cm³/mol. The summed E-state index contributed by atoms with van der Waals surface area (Å²) < 4.78 is 12.9. The quantitative estimate of drug-likeness (QED) is 0.122. The third-order valence-electron chi connectivity index (χ3n) is 7.22. The van der Waals surface area contributed by atoms with Crippen molar-refractivity contribution in [1.29, 1.82) is 0 Å². The van der Waals surface area contributed by atoms with Crippen LogP contribution in [0.15, 0.2) is 18.2 Å². The Hall–Kier alpha value is -0.803. The summed E-state index contributed by atoms with van der Waals surface area (Å²) in [6.07, 6.45) is 22.5. The Morgan fingerprint density at radius 1 is 0.576 bits per heavy atom. The minimum atomic E-state index is -2.13. The van der Waals surface area contributed by atoms with Crippen LogP contribution in [-0.2, 0) is 4.43 Å². The van der Waals surface area contributed by atoms with Gasteiger partial charge in [0.05, 0.1) is 0 Å². The Morgan fingerprint density at radius 3 is 1.45 bits per heavy atom. The van der Waals surface area contributed by atoms with Crippen molar-refractivity contribution in [3.63, 3.8) is 0 Å². The van der Waals surface area contributed by atoms with Crippen molar-refractivity contribution in [3.8, 4) is 5.75 Å². The largest absolute Gasteiger partial charge is 0.520 e. The SMILES string of the molecule is CCCCCCCCCCCCCCCCCCO[Si](CC)(CC)Oc1ccc(C)c(C)c1. The molecule has 0 aliphatic carbocycles. The molecule has 1 aromatic rings. The summed E-state index contributed by atoms with van der Waals surface area (Å²) in [5.41, 5.74) is 2.61. The standard InChI is InChI=1S/C30H56O2Si/c1-6-9-10-11-12-13-14-15-16-17-18-19-20-21-22-23-26-31-33(7-2,8-3)32-30-25-24-28(4)29(5)27-30/h24-25,27H,6-23,26H2,1-5H3. The molecule has 192 valence electrons. The van der Waals surface area contributed by atoms with Crippen LogP contribution in [0.3, 0.4) is 0 Å². The summed E-state index contributed by atoms with van der Waals surface area (Å²) in [6.45, 7) is 11.9. The second kappa shape index (κ2) is 19.5. The molecule has 0 aromatic heterocycles. The molecule has 0 heterocycles. The Bertz CT molecular complexity index is 583. The van der Waals surface area contributed by atoms with Gasteiger partial charge in [0, 0.05) is 6.61 Å². The molecule has 3 heteroatoms. The zero-order chi connectivity index (χ0) is 24.2. The molecule has 0 radical (unpaired) electrons. The highest BCUT2D eigenvalue weighted by Gasteiger charge is 2.35. The van der Waals surface area contributed by atoms with Crippen LogP contribution < -0.4 is 4.43 Å². The van der Waals surface area contributed by atoms with Crippen LogP contribution in [-0.4, -0.2) is 15.2 Å². The van der Waals surface area contributed by atoms with Gasteiger partial charge in [-0.2, -0.15) is 0 Å². The van der Waals surface area contributed by atoms with Gasteiger partial charge in [0.15, 0.2) is 0 Å². The second-order valence-corrected chi connectivity index (χ2v) is 13.8. The molecule has 0 amide bonds. The summed E-state index contributed by atoms with van der Waals surface area (Å²) in [5.74, 6) is 0.987. The number of hydrogen-bond acceptors (Lipinski definition) is 2. The molecule has 0 aliphatic heterocycles. The molecular formula is C30H56O2Si. The van der Waals surface area contributed by atoms with Gasteiger partial charge in [-0.3, -0.25) is 0 Å². The van der Waals surface area contributed by atoms with Crippen LogP contribution in [0.4, 0.5) is 0 Å². The van der Waals surface area contributed by atoms with Crippen molar-refractivity contribution in [1.82, 2.24) is 0 Å². The topological polar surface area (TPSA) is 18.5 Å². The first-order chi connectivity index (χ1) is 16.1. The Morgan fingerprint density at radius 2 is 1.03 bits per heavy atom. The zero-order valence-electron chi connectivity index (χ0n) is 23.0. The van der Waals surface area contributed by atoms with Crippen LogP contribution in [0.2, 0.25) is 12.1 Å². The molecule has 0 N–H and O–H groups in total. The van der Waals surface area contributed by atoms with E-state index in [2.05, 4.69) is 52.8 Å². The highest BCUT2D eigenvalue weighted by molar-refractivity contribution is 6.68. The maximum atomic E-state index is 6.48. The van der Waals surface area contributed by atoms with Crippen molar-refractivity contribution in [2.24, 2.45) is 0 Å². The molecule has 0 bridgehead atoms. The molecule has 0 saturated heterocycles. The van der Waals surface area contributed by atoms with Gasteiger partial charge in [-0.15, -0.1) is 0 Å². The number of hydrogen-bond donors (Lipinski definition) is 0. The van der Waals surface area contributed by atoms with Crippen molar-refractivity contribution in [2.75, 3.05) is 6.61 Å². The van der Waals surface area contributed by atoms with Gasteiger partial charge in [0.25, 0.3) is 0 Å². The highest BCUT2D eigenvalue weighted by atomic mass is 28.4. The smallest absolute Gasteiger partial charge is 0.398 e. The Labute approximate surface area is 208 Å². The van der Waals surface area contributed by atoms with Crippen molar-refractivity contribution in [3.05, 3.63) is 29.3 Å². The number of benzene rings is 1. The molecule has 0 unspecified atom stereocenters. The molecule has 0 fully saturated rings. The average Bonchev–Trinajstić information content (AvgIpc) is 2.82. The molecule has 0 aliphatic rings. The van der Waals surface area contributed by atoms with E-state index in [1.54, 1.807) is 0 Å². The lowest BCUT2D eigenvalue weighted by molar-refractivity contribution is 0.230. The summed E-state index contributed by atoms with van der Waals surface area (Å²) in [5, 5.41) is 0. The molecule has 0 spiro atoms. The maximum absolute atomic E-state index is 6.48. The van der Waals surface area contributed by atoms with Gasteiger partial charge in [-0.1, -0.05) is 123 Å². The molecule has 1 rings (SSSR count). The van der Waals surface area contributed by atoms with E-state index in [4.69, 9.17) is 8.85 Å². The Balaban J connectivity index is 2.02. The fourth-order valence-electron chi connectivity index (χ4n) is 4.53. The van der Waals surface area contributed by atoms with Crippen molar-refractivity contribution >= 4 is 8.56 Å². The molecule has 0 saturated carbocycles. The number of rotatable bonds is 22. The summed E-state index contributed by atoms with van der Waals surface area (Å²) >= 11 is 0. The molecule has 2 nitrogen and oxygen atoms in total. The van der Waals surface area contributed by atoms with Gasteiger partial charge in [-0.05, 0) is 55.6 Å². The summed E-state index contributed by atoms with van der Waals surface area (Å²) in [6, 6.07) is 8.45. The van der Waals surface area contributed by atoms with E-state index in [0.29, 0.717) is 0 Å². The molecule has 0 atom stereocenters. The van der Waals surface area contributed by atoms with Gasteiger partial charge in [0.1, 0.15) is 5.75 Å². The van der Waals surface area contributed by atoms with Crippen molar-refractivity contribution < 1.29 is 8.85 Å². The minimum Gasteiger partial charge on any atom is -0.520 e. The van der Waals surface area contributed by atoms with E-state index >= 15 is 0 Å². The number of aryl methyl sites for hydroxylation is 2. The first kappa shape index (κ1) is 30.2. The van der Waals surface area contributed by atoms with Crippen LogP contribution in [0, 0.1) is 13.8 Å². The first-order valence-electron chi connectivity index (χ1n) is 14.5. The predicted octanol–water partition coefficient (Wildman–Crippen LogP) is 10.4. The zero-order valence-corrected chi connectivity index (χ0v) is 24.0. The maximum Gasteiger partial charge on any atom is 0.398 e. The normalized spacial score (nSPS) is 11.8. The van der Waals surface area contributed by atoms with Crippen molar-refractivity contribution in [2.45, 2.75) is 149 Å². The molecule has 1 aromatic carbocycles. The summed E-state index contributed by atoms with van der Waals surface area (Å²) in [7, 11) is -2.13. The van der Waals surface area contributed by atoms with E-state index in [9.17, 15) is 0 Å². The minimum absolute atomic E-state index is 0.858. The van der Waals surface area contributed by atoms with Gasteiger partial charge < -0.3 is 8.85 Å². The lowest BCUT2D eigenvalue weighted by atomic mass is 10.0. The van der Waals surface area contributed by atoms with E-state index in [-0.39, 0.29) is 0 Å². The molecule has 33 heavy (non-hydrogen) atoms. The molecular weight excluding hydrogens is 420 g/mol. The number of unbranched alkanes of at least 4 members (excludes halogenated alkanes) is 15. The van der Waals surface area contributed by atoms with E-state index in [1.807, 2.05) is 0 Å². The second-order valence-electron chi connectivity index (χ2n) is 10.1.